The van der Waals surface area contributed by atoms with Crippen molar-refractivity contribution in [1.82, 2.24) is 0 Å². The molecule has 0 aromatic carbocycles. The zero-order valence-electron chi connectivity index (χ0n) is 8.89. The van der Waals surface area contributed by atoms with Crippen LogP contribution in [0.2, 0.25) is 0 Å². The van der Waals surface area contributed by atoms with Gasteiger partial charge in [-0.3, -0.25) is 0 Å². The molecule has 2 aliphatic heterocycles. The molecule has 2 heterocycles. The Balaban J connectivity index is 1.78. The first kappa shape index (κ1) is 7.92. The van der Waals surface area contributed by atoms with Gasteiger partial charge in [-0.25, -0.2) is 0 Å². The Morgan fingerprint density at radius 2 is 1.43 bits per heavy atom. The van der Waals surface area contributed by atoms with E-state index in [-0.39, 0.29) is 0 Å². The molecule has 1 heteroatoms. The molecule has 3 fully saturated rings. The van der Waals surface area contributed by atoms with E-state index in [1.807, 2.05) is 0 Å². The van der Waals surface area contributed by atoms with Gasteiger partial charge in [0.1, 0.15) is 0 Å². The third-order valence-electron chi connectivity index (χ3n) is 5.52. The highest BCUT2D eigenvalue weighted by Crippen LogP contribution is 2.62. The summed E-state index contributed by atoms with van der Waals surface area (Å²) in [7, 11) is 0. The Labute approximate surface area is 85.5 Å². The van der Waals surface area contributed by atoms with Crippen LogP contribution < -0.4 is 0 Å². The molecular formula is C13H18O. The first-order valence-electron chi connectivity index (χ1n) is 6.11. The highest BCUT2D eigenvalue weighted by molar-refractivity contribution is 5.21. The van der Waals surface area contributed by atoms with Gasteiger partial charge < -0.3 is 4.74 Å². The van der Waals surface area contributed by atoms with Crippen LogP contribution in [0.1, 0.15) is 20.3 Å². The van der Waals surface area contributed by atoms with Crippen LogP contribution >= 0.6 is 0 Å². The molecule has 4 aliphatic rings. The molecule has 8 unspecified atom stereocenters. The van der Waals surface area contributed by atoms with Crippen molar-refractivity contribution in [3.8, 4) is 0 Å². The molecule has 4 rings (SSSR count). The minimum absolute atomic E-state index is 0.597. The molecule has 2 aliphatic carbocycles. The van der Waals surface area contributed by atoms with Crippen LogP contribution in [0, 0.1) is 35.5 Å². The van der Waals surface area contributed by atoms with Gasteiger partial charge in [0, 0.05) is 0 Å². The molecule has 1 nitrogen and oxygen atoms in total. The predicted octanol–water partition coefficient (Wildman–Crippen LogP) is 2.48. The number of hydrogen-bond acceptors (Lipinski definition) is 1. The minimum Gasteiger partial charge on any atom is -0.374 e. The van der Waals surface area contributed by atoms with E-state index < -0.39 is 0 Å². The summed E-state index contributed by atoms with van der Waals surface area (Å²) in [6, 6.07) is 0. The monoisotopic (exact) mass is 190 g/mol. The highest BCUT2D eigenvalue weighted by Gasteiger charge is 2.63. The second kappa shape index (κ2) is 2.27. The molecule has 1 saturated carbocycles. The molecular weight excluding hydrogens is 172 g/mol. The summed E-state index contributed by atoms with van der Waals surface area (Å²) in [6.07, 6.45) is 7.56. The molecule has 0 N–H and O–H groups in total. The van der Waals surface area contributed by atoms with Gasteiger partial charge in [0.05, 0.1) is 12.2 Å². The van der Waals surface area contributed by atoms with Crippen molar-refractivity contribution in [2.75, 3.05) is 0 Å². The lowest BCUT2D eigenvalue weighted by Gasteiger charge is -2.35. The van der Waals surface area contributed by atoms with E-state index in [0.717, 1.165) is 35.5 Å². The fraction of sp³-hybridized carbons (Fsp3) is 0.846. The average molecular weight is 190 g/mol. The first-order valence-corrected chi connectivity index (χ1v) is 6.11. The van der Waals surface area contributed by atoms with Crippen molar-refractivity contribution in [2.45, 2.75) is 32.5 Å². The van der Waals surface area contributed by atoms with E-state index >= 15 is 0 Å². The van der Waals surface area contributed by atoms with Gasteiger partial charge in [0.2, 0.25) is 0 Å². The highest BCUT2D eigenvalue weighted by atomic mass is 16.5. The van der Waals surface area contributed by atoms with E-state index in [4.69, 9.17) is 4.74 Å². The van der Waals surface area contributed by atoms with Crippen molar-refractivity contribution in [1.29, 1.82) is 0 Å². The van der Waals surface area contributed by atoms with E-state index in [2.05, 4.69) is 26.0 Å². The number of rotatable bonds is 0. The Hall–Kier alpha value is -0.300. The molecule has 76 valence electrons. The lowest BCUT2D eigenvalue weighted by molar-refractivity contribution is 0.0607. The fourth-order valence-corrected chi connectivity index (χ4v) is 4.73. The van der Waals surface area contributed by atoms with Crippen molar-refractivity contribution in [2.24, 2.45) is 35.5 Å². The van der Waals surface area contributed by atoms with Crippen molar-refractivity contribution in [3.05, 3.63) is 12.2 Å². The summed E-state index contributed by atoms with van der Waals surface area (Å²) in [6.45, 7) is 4.78. The van der Waals surface area contributed by atoms with Crippen molar-refractivity contribution in [3.63, 3.8) is 0 Å². The standard InChI is InChI=1S/C13H18O/c1-6-7(2)13-11-9-4-3-8(5-9)10(11)12(6)14-13/h3-4,6-13H,5H2,1-2H3. The molecule has 14 heavy (non-hydrogen) atoms. The van der Waals surface area contributed by atoms with Crippen LogP contribution in [0.5, 0.6) is 0 Å². The molecule has 0 aromatic rings. The molecule has 0 amide bonds. The Morgan fingerprint density at radius 3 is 1.93 bits per heavy atom. The number of allylic oxidation sites excluding steroid dienone is 2. The van der Waals surface area contributed by atoms with E-state index in [9.17, 15) is 0 Å². The smallest absolute Gasteiger partial charge is 0.0645 e. The summed E-state index contributed by atoms with van der Waals surface area (Å²) in [5, 5.41) is 0. The largest absolute Gasteiger partial charge is 0.374 e. The maximum atomic E-state index is 6.20. The van der Waals surface area contributed by atoms with Crippen LogP contribution in [0.4, 0.5) is 0 Å². The van der Waals surface area contributed by atoms with Crippen LogP contribution in [-0.4, -0.2) is 12.2 Å². The topological polar surface area (TPSA) is 9.23 Å². The van der Waals surface area contributed by atoms with Crippen LogP contribution in [0.25, 0.3) is 0 Å². The van der Waals surface area contributed by atoms with Gasteiger partial charge in [-0.1, -0.05) is 26.0 Å². The van der Waals surface area contributed by atoms with Crippen LogP contribution in [-0.2, 0) is 4.74 Å². The lowest BCUT2D eigenvalue weighted by atomic mass is 9.66. The maximum absolute atomic E-state index is 6.20. The Morgan fingerprint density at radius 1 is 0.929 bits per heavy atom. The number of hydrogen-bond donors (Lipinski definition) is 0. The number of fused-ring (bicyclic) bond motifs is 9. The Bertz CT molecular complexity index is 280. The second-order valence-electron chi connectivity index (χ2n) is 5.89. The van der Waals surface area contributed by atoms with Crippen LogP contribution in [0.15, 0.2) is 12.2 Å². The third kappa shape index (κ3) is 0.670. The van der Waals surface area contributed by atoms with Gasteiger partial charge in [-0.2, -0.15) is 0 Å². The quantitative estimate of drug-likeness (QED) is 0.533. The number of ether oxygens (including phenoxy) is 1. The first-order chi connectivity index (χ1) is 6.77. The van der Waals surface area contributed by atoms with Crippen molar-refractivity contribution < 1.29 is 4.74 Å². The average Bonchev–Trinajstić information content (AvgIpc) is 2.87. The van der Waals surface area contributed by atoms with Gasteiger partial charge in [0.25, 0.3) is 0 Å². The maximum Gasteiger partial charge on any atom is 0.0645 e. The predicted molar refractivity (Wildman–Crippen MR) is 54.7 cm³/mol. The minimum atomic E-state index is 0.597. The van der Waals surface area contributed by atoms with Crippen molar-refractivity contribution >= 4 is 0 Å². The summed E-state index contributed by atoms with van der Waals surface area (Å²) in [5.41, 5.74) is 0. The normalized spacial score (nSPS) is 67.9. The lowest BCUT2D eigenvalue weighted by Crippen LogP contribution is -2.39. The van der Waals surface area contributed by atoms with Crippen LogP contribution in [0.3, 0.4) is 0 Å². The molecule has 4 bridgehead atoms. The summed E-state index contributed by atoms with van der Waals surface area (Å²) < 4.78 is 6.20. The molecule has 0 radical (unpaired) electrons. The zero-order chi connectivity index (χ0) is 9.45. The third-order valence-corrected chi connectivity index (χ3v) is 5.52. The second-order valence-corrected chi connectivity index (χ2v) is 5.89. The van der Waals surface area contributed by atoms with Gasteiger partial charge in [-0.05, 0) is 41.9 Å². The molecule has 2 saturated heterocycles. The zero-order valence-corrected chi connectivity index (χ0v) is 8.89. The Kier molecular flexibility index (Phi) is 1.28. The van der Waals surface area contributed by atoms with E-state index in [1.165, 1.54) is 6.42 Å². The van der Waals surface area contributed by atoms with Gasteiger partial charge >= 0.3 is 0 Å². The van der Waals surface area contributed by atoms with Gasteiger partial charge in [0.15, 0.2) is 0 Å². The summed E-state index contributed by atoms with van der Waals surface area (Å²) in [4.78, 5) is 0. The van der Waals surface area contributed by atoms with E-state index in [0.29, 0.717) is 12.2 Å². The van der Waals surface area contributed by atoms with E-state index in [1.54, 1.807) is 0 Å². The SMILES string of the molecule is CC1C(C)C2OC1C1C3C=CC(C3)C21. The fourth-order valence-electron chi connectivity index (χ4n) is 4.73. The summed E-state index contributed by atoms with van der Waals surface area (Å²) in [5.74, 6) is 5.12. The molecule has 0 spiro atoms. The molecule has 8 atom stereocenters. The van der Waals surface area contributed by atoms with Gasteiger partial charge in [-0.15, -0.1) is 0 Å². The molecule has 0 aromatic heterocycles. The summed E-state index contributed by atoms with van der Waals surface area (Å²) >= 11 is 0.